The van der Waals surface area contributed by atoms with Crippen molar-refractivity contribution in [3.8, 4) is 0 Å². The summed E-state index contributed by atoms with van der Waals surface area (Å²) in [6.07, 6.45) is 10.00. The number of carbonyl (C=O) groups is 2. The van der Waals surface area contributed by atoms with Gasteiger partial charge >= 0.3 is 41.5 Å². The van der Waals surface area contributed by atoms with Gasteiger partial charge in [-0.05, 0) is 19.3 Å². The molecule has 0 fully saturated rings. The van der Waals surface area contributed by atoms with E-state index in [1.54, 1.807) is 0 Å². The van der Waals surface area contributed by atoms with Crippen molar-refractivity contribution in [3.05, 3.63) is 0 Å². The number of unbranched alkanes of at least 4 members (excludes halogenated alkanes) is 8. The fourth-order valence-corrected chi connectivity index (χ4v) is 2.51. The van der Waals surface area contributed by atoms with Crippen LogP contribution in [0.3, 0.4) is 0 Å². The molecule has 0 amide bonds. The van der Waals surface area contributed by atoms with E-state index < -0.39 is 24.2 Å². The van der Waals surface area contributed by atoms with Crippen LogP contribution in [0.1, 0.15) is 85.4 Å². The van der Waals surface area contributed by atoms with E-state index in [9.17, 15) is 14.7 Å². The fourth-order valence-electron chi connectivity index (χ4n) is 2.51. The third-order valence-electron chi connectivity index (χ3n) is 3.92. The Kier molecular flexibility index (Phi) is 19.2. The van der Waals surface area contributed by atoms with E-state index in [2.05, 4.69) is 12.2 Å². The number of aliphatic hydroxyl groups is 1. The molecule has 0 spiro atoms. The molecule has 0 rings (SSSR count). The predicted octanol–water partition coefficient (Wildman–Crippen LogP) is 0.250. The van der Waals surface area contributed by atoms with Crippen LogP contribution in [0.15, 0.2) is 0 Å². The summed E-state index contributed by atoms with van der Waals surface area (Å²) < 4.78 is 0. The number of hydrogen-bond donors (Lipinski definition) is 4. The van der Waals surface area contributed by atoms with Crippen LogP contribution in [0.25, 0.3) is 0 Å². The third-order valence-corrected chi connectivity index (χ3v) is 3.92. The Labute approximate surface area is 169 Å². The Morgan fingerprint density at radius 2 is 1.42 bits per heavy atom. The SMILES string of the molecule is CCCCCCCCCCCC(O)N[C@@H](CCC(=O)O)C(=O)O.[H-].[Na+]. The van der Waals surface area contributed by atoms with E-state index >= 15 is 0 Å². The summed E-state index contributed by atoms with van der Waals surface area (Å²) in [7, 11) is 0. The first-order chi connectivity index (χ1) is 11.0. The Balaban J connectivity index is -0.00000242. The van der Waals surface area contributed by atoms with Gasteiger partial charge < -0.3 is 16.7 Å². The van der Waals surface area contributed by atoms with Gasteiger partial charge in [0.1, 0.15) is 12.3 Å². The Hall–Kier alpha value is -0.140. The first-order valence-corrected chi connectivity index (χ1v) is 8.86. The molecule has 1 unspecified atom stereocenters. The number of aliphatic carboxylic acids is 2. The zero-order valence-electron chi connectivity index (χ0n) is 16.3. The summed E-state index contributed by atoms with van der Waals surface area (Å²) in [5.41, 5.74) is 0. The molecule has 0 aromatic heterocycles. The predicted molar refractivity (Wildman–Crippen MR) is 90.4 cm³/mol. The van der Waals surface area contributed by atoms with Gasteiger partial charge in [0, 0.05) is 6.42 Å². The molecule has 4 N–H and O–H groups in total. The molecule has 0 bridgehead atoms. The molecule has 0 aliphatic carbocycles. The zero-order valence-corrected chi connectivity index (χ0v) is 17.3. The maximum atomic E-state index is 11.0. The van der Waals surface area contributed by atoms with Gasteiger partial charge in [-0.15, -0.1) is 0 Å². The molecular formula is C17H34NNaO5. The number of carboxylic acids is 2. The Morgan fingerprint density at radius 3 is 1.88 bits per heavy atom. The van der Waals surface area contributed by atoms with Gasteiger partial charge in [-0.1, -0.05) is 58.3 Å². The van der Waals surface area contributed by atoms with Crippen LogP contribution in [0.2, 0.25) is 0 Å². The monoisotopic (exact) mass is 355 g/mol. The van der Waals surface area contributed by atoms with Crippen LogP contribution in [0, 0.1) is 0 Å². The first-order valence-electron chi connectivity index (χ1n) is 8.86. The number of aliphatic hydroxyl groups excluding tert-OH is 1. The van der Waals surface area contributed by atoms with E-state index in [0.29, 0.717) is 6.42 Å². The van der Waals surface area contributed by atoms with Crippen LogP contribution in [-0.2, 0) is 9.59 Å². The van der Waals surface area contributed by atoms with E-state index in [4.69, 9.17) is 10.2 Å². The van der Waals surface area contributed by atoms with E-state index in [-0.39, 0.29) is 43.8 Å². The van der Waals surface area contributed by atoms with Crippen molar-refractivity contribution in [2.45, 2.75) is 96.2 Å². The molecule has 7 heteroatoms. The smallest absolute Gasteiger partial charge is 1.00 e. The second-order valence-electron chi connectivity index (χ2n) is 6.12. The average molecular weight is 355 g/mol. The standard InChI is InChI=1S/C17H33NO5.Na.H/c1-2-3-4-5-6-7-8-9-10-11-15(19)18-14(17(22)23)12-13-16(20)21;;/h14-15,18-19H,2-13H2,1H3,(H,20,21)(H,22,23);;/q;+1;-1/t14-,15?;;/m0../s1. The summed E-state index contributed by atoms with van der Waals surface area (Å²) in [6.45, 7) is 2.20. The van der Waals surface area contributed by atoms with Gasteiger partial charge in [0.2, 0.25) is 0 Å². The minimum absolute atomic E-state index is 0. The molecule has 138 valence electrons. The normalized spacial score (nSPS) is 13.1. The maximum absolute atomic E-state index is 11.0. The van der Waals surface area contributed by atoms with Crippen molar-refractivity contribution < 1.29 is 55.9 Å². The minimum atomic E-state index is -1.13. The van der Waals surface area contributed by atoms with Crippen LogP contribution >= 0.6 is 0 Å². The molecular weight excluding hydrogens is 321 g/mol. The summed E-state index contributed by atoms with van der Waals surface area (Å²) in [6, 6.07) is -1.01. The van der Waals surface area contributed by atoms with Gasteiger partial charge in [0.15, 0.2) is 0 Å². The van der Waals surface area contributed by atoms with Crippen molar-refractivity contribution in [1.29, 1.82) is 0 Å². The topological polar surface area (TPSA) is 107 Å². The molecule has 0 radical (unpaired) electrons. The first kappa shape index (κ1) is 26.1. The van der Waals surface area contributed by atoms with Crippen LogP contribution in [0.4, 0.5) is 0 Å². The van der Waals surface area contributed by atoms with Crippen molar-refractivity contribution in [3.63, 3.8) is 0 Å². The van der Waals surface area contributed by atoms with Gasteiger partial charge in [-0.25, -0.2) is 0 Å². The Bertz CT molecular complexity index is 334. The molecule has 0 aromatic rings. The van der Waals surface area contributed by atoms with E-state index in [0.717, 1.165) is 19.3 Å². The summed E-state index contributed by atoms with van der Waals surface area (Å²) in [5.74, 6) is -2.16. The van der Waals surface area contributed by atoms with Gasteiger partial charge in [-0.2, -0.15) is 0 Å². The largest absolute Gasteiger partial charge is 1.00 e. The number of nitrogens with one attached hydrogen (secondary N) is 1. The second kappa shape index (κ2) is 17.7. The number of carboxylic acid groups (broad SMARTS) is 2. The van der Waals surface area contributed by atoms with Crippen LogP contribution in [-0.4, -0.2) is 39.5 Å². The third kappa shape index (κ3) is 16.7. The van der Waals surface area contributed by atoms with E-state index in [1.165, 1.54) is 38.5 Å². The van der Waals surface area contributed by atoms with Crippen molar-refractivity contribution in [2.24, 2.45) is 0 Å². The molecule has 0 aliphatic rings. The Morgan fingerprint density at radius 1 is 0.917 bits per heavy atom. The van der Waals surface area contributed by atoms with E-state index in [1.807, 2.05) is 0 Å². The molecule has 0 aromatic carbocycles. The molecule has 0 heterocycles. The quantitative estimate of drug-likeness (QED) is 0.180. The fraction of sp³-hybridized carbons (Fsp3) is 0.882. The number of hydrogen-bond acceptors (Lipinski definition) is 4. The second-order valence-corrected chi connectivity index (χ2v) is 6.12. The van der Waals surface area contributed by atoms with Crippen LogP contribution in [0.5, 0.6) is 0 Å². The van der Waals surface area contributed by atoms with Crippen LogP contribution < -0.4 is 34.9 Å². The molecule has 0 saturated heterocycles. The maximum Gasteiger partial charge on any atom is 1.00 e. The number of rotatable bonds is 16. The molecule has 0 aliphatic heterocycles. The van der Waals surface area contributed by atoms with Gasteiger partial charge in [0.05, 0.1) is 0 Å². The average Bonchev–Trinajstić information content (AvgIpc) is 2.49. The van der Waals surface area contributed by atoms with Gasteiger partial charge in [-0.3, -0.25) is 14.9 Å². The van der Waals surface area contributed by atoms with Crippen molar-refractivity contribution in [1.82, 2.24) is 5.32 Å². The van der Waals surface area contributed by atoms with Gasteiger partial charge in [0.25, 0.3) is 0 Å². The molecule has 0 saturated carbocycles. The molecule has 2 atom stereocenters. The summed E-state index contributed by atoms with van der Waals surface area (Å²) >= 11 is 0. The molecule has 24 heavy (non-hydrogen) atoms. The zero-order chi connectivity index (χ0) is 17.5. The van der Waals surface area contributed by atoms with Crippen molar-refractivity contribution >= 4 is 11.9 Å². The molecule has 6 nitrogen and oxygen atoms in total. The minimum Gasteiger partial charge on any atom is -1.00 e. The summed E-state index contributed by atoms with van der Waals surface area (Å²) in [4.78, 5) is 21.5. The summed E-state index contributed by atoms with van der Waals surface area (Å²) in [5, 5.41) is 30.0. The van der Waals surface area contributed by atoms with Crippen molar-refractivity contribution in [2.75, 3.05) is 0 Å².